The van der Waals surface area contributed by atoms with Gasteiger partial charge in [0, 0.05) is 27.0 Å². The fraction of sp³-hybridized carbons (Fsp3) is 0.190. The smallest absolute Gasteiger partial charge is 0.359 e. The van der Waals surface area contributed by atoms with E-state index in [2.05, 4.69) is 27.7 Å². The van der Waals surface area contributed by atoms with Crippen LogP contribution in [-0.4, -0.2) is 28.6 Å². The highest BCUT2D eigenvalue weighted by Crippen LogP contribution is 2.32. The molecule has 0 amide bonds. The van der Waals surface area contributed by atoms with E-state index in [9.17, 15) is 9.59 Å². The van der Waals surface area contributed by atoms with Gasteiger partial charge in [0.05, 0.1) is 18.0 Å². The maximum atomic E-state index is 12.5. The van der Waals surface area contributed by atoms with Crippen molar-refractivity contribution in [1.29, 1.82) is 0 Å². The van der Waals surface area contributed by atoms with Gasteiger partial charge in [0.1, 0.15) is 6.29 Å². The first-order valence-corrected chi connectivity index (χ1v) is 10.6. The van der Waals surface area contributed by atoms with E-state index in [0.29, 0.717) is 16.3 Å². The van der Waals surface area contributed by atoms with Crippen LogP contribution >= 0.6 is 34.2 Å². The Morgan fingerprint density at radius 2 is 1.93 bits per heavy atom. The van der Waals surface area contributed by atoms with Crippen molar-refractivity contribution in [3.05, 3.63) is 70.4 Å². The average molecular weight is 509 g/mol. The van der Waals surface area contributed by atoms with Gasteiger partial charge in [-0.1, -0.05) is 64.5 Å². The van der Waals surface area contributed by atoms with E-state index in [1.54, 1.807) is 23.7 Å². The Kier molecular flexibility index (Phi) is 6.85. The number of ether oxygens (including phenoxy) is 1. The molecule has 3 rings (SSSR count). The molecule has 0 saturated carbocycles. The number of benzene rings is 2. The number of aromatic nitrogens is 2. The Balaban J connectivity index is 2.33. The van der Waals surface area contributed by atoms with Crippen LogP contribution in [0.3, 0.4) is 0 Å². The van der Waals surface area contributed by atoms with Crippen LogP contribution in [-0.2, 0) is 20.4 Å². The number of hydrogen-bond acceptors (Lipinski definition) is 4. The molecular weight excluding hydrogens is 491 g/mol. The van der Waals surface area contributed by atoms with Crippen LogP contribution in [0.15, 0.2) is 48.5 Å². The quantitative estimate of drug-likeness (QED) is 0.194. The Labute approximate surface area is 181 Å². The lowest BCUT2D eigenvalue weighted by molar-refractivity contribution is -0.107. The van der Waals surface area contributed by atoms with Crippen LogP contribution in [0.2, 0.25) is 5.02 Å². The van der Waals surface area contributed by atoms with Crippen molar-refractivity contribution in [2.45, 2.75) is 17.8 Å². The standard InChI is InChI=1S/C21H18ClIN2O3/c1-2-28-21(27)19-17(11-12-26)20(14-7-9-16(22)10-8-14)25(24-19)18-6-4-3-5-15(18)13-23/h3-10,12H,2,11,13H2,1H3. The molecule has 2 aromatic carbocycles. The summed E-state index contributed by atoms with van der Waals surface area (Å²) in [6, 6.07) is 15.1. The lowest BCUT2D eigenvalue weighted by Crippen LogP contribution is -2.09. The molecule has 28 heavy (non-hydrogen) atoms. The fourth-order valence-corrected chi connectivity index (χ4v) is 3.77. The maximum absolute atomic E-state index is 12.5. The summed E-state index contributed by atoms with van der Waals surface area (Å²) in [6.07, 6.45) is 0.826. The van der Waals surface area contributed by atoms with Gasteiger partial charge in [-0.25, -0.2) is 9.48 Å². The van der Waals surface area contributed by atoms with Gasteiger partial charge in [-0.2, -0.15) is 5.10 Å². The van der Waals surface area contributed by atoms with Gasteiger partial charge in [-0.3, -0.25) is 0 Å². The monoisotopic (exact) mass is 508 g/mol. The first-order chi connectivity index (χ1) is 13.6. The first-order valence-electron chi connectivity index (χ1n) is 8.73. The molecule has 5 nitrogen and oxygen atoms in total. The first kappa shape index (κ1) is 20.5. The van der Waals surface area contributed by atoms with E-state index >= 15 is 0 Å². The fourth-order valence-electron chi connectivity index (χ4n) is 3.00. The minimum atomic E-state index is -0.541. The average Bonchev–Trinajstić information content (AvgIpc) is 3.08. The molecule has 0 spiro atoms. The molecule has 0 bridgehead atoms. The zero-order valence-corrected chi connectivity index (χ0v) is 18.1. The minimum absolute atomic E-state index is 0.0541. The van der Waals surface area contributed by atoms with Gasteiger partial charge in [-0.15, -0.1) is 0 Å². The molecule has 0 saturated heterocycles. The zero-order chi connectivity index (χ0) is 20.1. The van der Waals surface area contributed by atoms with Gasteiger partial charge in [-0.05, 0) is 30.7 Å². The number of esters is 1. The summed E-state index contributed by atoms with van der Waals surface area (Å²) >= 11 is 8.34. The number of carbonyl (C=O) groups excluding carboxylic acids is 2. The van der Waals surface area contributed by atoms with Crippen molar-refractivity contribution in [3.63, 3.8) is 0 Å². The molecular formula is C21H18ClIN2O3. The molecule has 1 heterocycles. The second kappa shape index (κ2) is 9.34. The number of aldehydes is 1. The molecule has 0 aliphatic heterocycles. The molecule has 0 unspecified atom stereocenters. The summed E-state index contributed by atoms with van der Waals surface area (Å²) in [5.41, 5.74) is 4.11. The van der Waals surface area contributed by atoms with Gasteiger partial charge < -0.3 is 9.53 Å². The number of alkyl halides is 1. The third kappa shape index (κ3) is 4.12. The van der Waals surface area contributed by atoms with Gasteiger partial charge >= 0.3 is 5.97 Å². The van der Waals surface area contributed by atoms with Gasteiger partial charge in [0.15, 0.2) is 5.69 Å². The van der Waals surface area contributed by atoms with E-state index in [0.717, 1.165) is 27.5 Å². The predicted octanol–water partition coefficient (Wildman–Crippen LogP) is 5.05. The third-order valence-electron chi connectivity index (χ3n) is 4.22. The number of carbonyl (C=O) groups is 2. The Hall–Kier alpha value is -2.19. The summed E-state index contributed by atoms with van der Waals surface area (Å²) in [5, 5.41) is 5.17. The highest BCUT2D eigenvalue weighted by atomic mass is 127. The second-order valence-corrected chi connectivity index (χ2v) is 7.15. The zero-order valence-electron chi connectivity index (χ0n) is 15.2. The molecule has 3 aromatic rings. The summed E-state index contributed by atoms with van der Waals surface area (Å²) in [4.78, 5) is 23.9. The van der Waals surface area contributed by atoms with Crippen molar-refractivity contribution in [2.75, 3.05) is 6.61 Å². The Bertz CT molecular complexity index is 999. The van der Waals surface area contributed by atoms with Crippen molar-refractivity contribution in [2.24, 2.45) is 0 Å². The Morgan fingerprint density at radius 3 is 2.57 bits per heavy atom. The second-order valence-electron chi connectivity index (χ2n) is 5.95. The van der Waals surface area contributed by atoms with Crippen LogP contribution in [0.4, 0.5) is 0 Å². The van der Waals surface area contributed by atoms with E-state index in [4.69, 9.17) is 16.3 Å². The number of nitrogens with zero attached hydrogens (tertiary/aromatic N) is 2. The van der Waals surface area contributed by atoms with Crippen molar-refractivity contribution >= 4 is 46.4 Å². The molecule has 0 aliphatic carbocycles. The highest BCUT2D eigenvalue weighted by molar-refractivity contribution is 14.1. The number of halogens is 2. The SMILES string of the molecule is CCOC(=O)c1nn(-c2ccccc2CI)c(-c2ccc(Cl)cc2)c1CC=O. The van der Waals surface area contributed by atoms with Crippen LogP contribution < -0.4 is 0 Å². The van der Waals surface area contributed by atoms with E-state index in [-0.39, 0.29) is 18.7 Å². The molecule has 0 aliphatic rings. The number of para-hydroxylation sites is 1. The van der Waals surface area contributed by atoms with Crippen LogP contribution in [0.5, 0.6) is 0 Å². The molecule has 1 aromatic heterocycles. The molecule has 7 heteroatoms. The minimum Gasteiger partial charge on any atom is -0.461 e. The summed E-state index contributed by atoms with van der Waals surface area (Å²) in [6.45, 7) is 1.96. The molecule has 0 fully saturated rings. The van der Waals surface area contributed by atoms with Crippen LogP contribution in [0, 0.1) is 0 Å². The summed E-state index contributed by atoms with van der Waals surface area (Å²) < 4.78 is 7.67. The van der Waals surface area contributed by atoms with Gasteiger partial charge in [0.2, 0.25) is 0 Å². The Morgan fingerprint density at radius 1 is 1.21 bits per heavy atom. The summed E-state index contributed by atoms with van der Waals surface area (Å²) in [5.74, 6) is -0.541. The number of hydrogen-bond donors (Lipinski definition) is 0. The third-order valence-corrected chi connectivity index (χ3v) is 5.29. The van der Waals surface area contributed by atoms with E-state index in [1.807, 2.05) is 36.4 Å². The lowest BCUT2D eigenvalue weighted by Gasteiger charge is -2.12. The molecule has 0 atom stereocenters. The molecule has 0 N–H and O–H groups in total. The van der Waals surface area contributed by atoms with E-state index in [1.165, 1.54) is 0 Å². The van der Waals surface area contributed by atoms with Crippen LogP contribution in [0.25, 0.3) is 16.9 Å². The number of rotatable bonds is 7. The largest absolute Gasteiger partial charge is 0.461 e. The van der Waals surface area contributed by atoms with Crippen molar-refractivity contribution < 1.29 is 14.3 Å². The molecule has 144 valence electrons. The van der Waals surface area contributed by atoms with Crippen LogP contribution in [0.1, 0.15) is 28.5 Å². The van der Waals surface area contributed by atoms with Gasteiger partial charge in [0.25, 0.3) is 0 Å². The highest BCUT2D eigenvalue weighted by Gasteiger charge is 2.26. The maximum Gasteiger partial charge on any atom is 0.359 e. The van der Waals surface area contributed by atoms with E-state index < -0.39 is 5.97 Å². The topological polar surface area (TPSA) is 61.2 Å². The lowest BCUT2D eigenvalue weighted by atomic mass is 10.0. The normalized spacial score (nSPS) is 10.7. The molecule has 0 radical (unpaired) electrons. The van der Waals surface area contributed by atoms with Crippen molar-refractivity contribution in [1.82, 2.24) is 9.78 Å². The summed E-state index contributed by atoms with van der Waals surface area (Å²) in [7, 11) is 0. The predicted molar refractivity (Wildman–Crippen MR) is 117 cm³/mol. The van der Waals surface area contributed by atoms with Crippen molar-refractivity contribution in [3.8, 4) is 16.9 Å².